The van der Waals surface area contributed by atoms with E-state index in [2.05, 4.69) is 12.2 Å². The van der Waals surface area contributed by atoms with Crippen LogP contribution in [0.25, 0.3) is 0 Å². The Morgan fingerprint density at radius 3 is 2.28 bits per heavy atom. The van der Waals surface area contributed by atoms with Crippen molar-refractivity contribution in [3.05, 3.63) is 12.2 Å². The van der Waals surface area contributed by atoms with Crippen molar-refractivity contribution in [1.29, 1.82) is 0 Å². The van der Waals surface area contributed by atoms with E-state index in [9.17, 15) is 9.59 Å². The van der Waals surface area contributed by atoms with Gasteiger partial charge in [-0.05, 0) is 31.1 Å². The van der Waals surface area contributed by atoms with Crippen molar-refractivity contribution in [3.8, 4) is 0 Å². The van der Waals surface area contributed by atoms with Crippen molar-refractivity contribution in [2.75, 3.05) is 6.61 Å². The third-order valence-electron chi connectivity index (χ3n) is 4.80. The van der Waals surface area contributed by atoms with E-state index in [1.54, 1.807) is 0 Å². The molecule has 2 aliphatic carbocycles. The molecule has 5 unspecified atom stereocenters. The van der Waals surface area contributed by atoms with Crippen LogP contribution in [0.3, 0.4) is 0 Å². The molecule has 3 rings (SSSR count). The zero-order chi connectivity index (χ0) is 12.9. The van der Waals surface area contributed by atoms with Gasteiger partial charge in [0.2, 0.25) is 11.8 Å². The van der Waals surface area contributed by atoms with E-state index in [4.69, 9.17) is 5.11 Å². The number of rotatable bonds is 4. The summed E-state index contributed by atoms with van der Waals surface area (Å²) in [7, 11) is 0. The van der Waals surface area contributed by atoms with Crippen LogP contribution in [-0.4, -0.2) is 34.5 Å². The molecular weight excluding hydrogens is 230 g/mol. The highest BCUT2D eigenvalue weighted by Crippen LogP contribution is 2.53. The van der Waals surface area contributed by atoms with Crippen LogP contribution in [0.1, 0.15) is 26.2 Å². The summed E-state index contributed by atoms with van der Waals surface area (Å²) in [5, 5.41) is 9.06. The molecule has 98 valence electrons. The summed E-state index contributed by atoms with van der Waals surface area (Å²) < 4.78 is 0. The van der Waals surface area contributed by atoms with Crippen LogP contribution in [0.2, 0.25) is 0 Å². The third kappa shape index (κ3) is 1.41. The molecule has 0 aromatic carbocycles. The first-order valence-electron chi connectivity index (χ1n) is 6.85. The molecule has 4 nitrogen and oxygen atoms in total. The van der Waals surface area contributed by atoms with Crippen molar-refractivity contribution in [2.24, 2.45) is 23.7 Å². The molecule has 4 heteroatoms. The van der Waals surface area contributed by atoms with Gasteiger partial charge < -0.3 is 5.11 Å². The van der Waals surface area contributed by atoms with E-state index < -0.39 is 0 Å². The van der Waals surface area contributed by atoms with Gasteiger partial charge in [0.15, 0.2) is 0 Å². The highest BCUT2D eigenvalue weighted by molar-refractivity contribution is 6.06. The van der Waals surface area contributed by atoms with Gasteiger partial charge in [0.1, 0.15) is 0 Å². The molecule has 3 aliphatic rings. The van der Waals surface area contributed by atoms with E-state index in [1.165, 1.54) is 4.90 Å². The minimum atomic E-state index is -0.125. The van der Waals surface area contributed by atoms with Crippen molar-refractivity contribution in [2.45, 2.75) is 32.2 Å². The van der Waals surface area contributed by atoms with E-state index in [-0.39, 0.29) is 48.1 Å². The summed E-state index contributed by atoms with van der Waals surface area (Å²) in [6.07, 6.45) is 6.40. The predicted molar refractivity (Wildman–Crippen MR) is 65.4 cm³/mol. The second kappa shape index (κ2) is 4.19. The summed E-state index contributed by atoms with van der Waals surface area (Å²) in [6, 6.07) is -0.125. The van der Waals surface area contributed by atoms with Crippen LogP contribution < -0.4 is 0 Å². The van der Waals surface area contributed by atoms with Gasteiger partial charge >= 0.3 is 0 Å². The largest absolute Gasteiger partial charge is 0.396 e. The molecule has 0 aromatic rings. The van der Waals surface area contributed by atoms with Gasteiger partial charge in [-0.2, -0.15) is 0 Å². The van der Waals surface area contributed by atoms with Gasteiger partial charge in [-0.3, -0.25) is 14.5 Å². The van der Waals surface area contributed by atoms with Gasteiger partial charge in [-0.15, -0.1) is 0 Å². The van der Waals surface area contributed by atoms with Crippen molar-refractivity contribution >= 4 is 11.8 Å². The van der Waals surface area contributed by atoms with Gasteiger partial charge in [0.05, 0.1) is 11.8 Å². The number of amides is 2. The van der Waals surface area contributed by atoms with Gasteiger partial charge in [0.25, 0.3) is 0 Å². The molecule has 2 amide bonds. The van der Waals surface area contributed by atoms with E-state index in [1.807, 2.05) is 6.92 Å². The fourth-order valence-electron chi connectivity index (χ4n) is 3.95. The van der Waals surface area contributed by atoms with Crippen LogP contribution in [-0.2, 0) is 9.59 Å². The number of nitrogens with zero attached hydrogens (tertiary/aromatic N) is 1. The molecule has 18 heavy (non-hydrogen) atoms. The molecule has 2 bridgehead atoms. The standard InChI is InChI=1S/C14H19NO3/c1-2-10(5-6-16)15-13(17)11-8-3-4-9(7-8)12(11)14(15)18/h3-4,8-12,16H,2,5-7H2,1H3. The first-order chi connectivity index (χ1) is 8.69. The maximum atomic E-state index is 12.5. The lowest BCUT2D eigenvalue weighted by atomic mass is 9.85. The number of allylic oxidation sites excluding steroid dienone is 2. The van der Waals surface area contributed by atoms with Crippen molar-refractivity contribution in [3.63, 3.8) is 0 Å². The van der Waals surface area contributed by atoms with Crippen LogP contribution in [0, 0.1) is 23.7 Å². The van der Waals surface area contributed by atoms with Crippen LogP contribution in [0.5, 0.6) is 0 Å². The van der Waals surface area contributed by atoms with E-state index >= 15 is 0 Å². The Morgan fingerprint density at radius 2 is 1.83 bits per heavy atom. The van der Waals surface area contributed by atoms with Gasteiger partial charge in [-0.25, -0.2) is 0 Å². The smallest absolute Gasteiger partial charge is 0.233 e. The van der Waals surface area contributed by atoms with Gasteiger partial charge in [-0.1, -0.05) is 19.1 Å². The Balaban J connectivity index is 1.87. The number of hydrogen-bond acceptors (Lipinski definition) is 3. The summed E-state index contributed by atoms with van der Waals surface area (Å²) in [4.78, 5) is 26.4. The maximum Gasteiger partial charge on any atom is 0.233 e. The van der Waals surface area contributed by atoms with Crippen molar-refractivity contribution in [1.82, 2.24) is 4.90 Å². The Morgan fingerprint density at radius 1 is 1.28 bits per heavy atom. The lowest BCUT2D eigenvalue weighted by Crippen LogP contribution is -2.42. The van der Waals surface area contributed by atoms with E-state index in [0.717, 1.165) is 12.8 Å². The fourth-order valence-corrected chi connectivity index (χ4v) is 3.95. The maximum absolute atomic E-state index is 12.5. The molecule has 1 aliphatic heterocycles. The number of fused-ring (bicyclic) bond motifs is 5. The minimum absolute atomic E-state index is 0.00199. The second-order valence-corrected chi connectivity index (χ2v) is 5.62. The lowest BCUT2D eigenvalue weighted by Gasteiger charge is -2.26. The Labute approximate surface area is 107 Å². The monoisotopic (exact) mass is 249 g/mol. The molecule has 1 saturated heterocycles. The highest BCUT2D eigenvalue weighted by atomic mass is 16.3. The van der Waals surface area contributed by atoms with Crippen LogP contribution in [0.4, 0.5) is 0 Å². The SMILES string of the molecule is CCC(CCO)N1C(=O)C2C3C=CC(C3)C2C1=O. The molecule has 1 N–H and O–H groups in total. The molecule has 1 heterocycles. The average molecular weight is 249 g/mol. The highest BCUT2D eigenvalue weighted by Gasteiger charge is 2.60. The quantitative estimate of drug-likeness (QED) is 0.596. The number of hydrogen-bond donors (Lipinski definition) is 1. The molecule has 0 radical (unpaired) electrons. The Kier molecular flexibility index (Phi) is 2.77. The minimum Gasteiger partial charge on any atom is -0.396 e. The molecule has 5 atom stereocenters. The topological polar surface area (TPSA) is 57.6 Å². The molecule has 1 saturated carbocycles. The van der Waals surface area contributed by atoms with E-state index in [0.29, 0.717) is 6.42 Å². The number of likely N-dealkylation sites (tertiary alicyclic amines) is 1. The molecular formula is C14H19NO3. The first kappa shape index (κ1) is 11.9. The molecule has 0 spiro atoms. The number of aliphatic hydroxyl groups excluding tert-OH is 1. The Hall–Kier alpha value is -1.16. The third-order valence-corrected chi connectivity index (χ3v) is 4.80. The Bertz CT molecular complexity index is 387. The summed E-state index contributed by atoms with van der Waals surface area (Å²) in [5.74, 6) is 0.325. The fraction of sp³-hybridized carbons (Fsp3) is 0.714. The van der Waals surface area contributed by atoms with Gasteiger partial charge in [0, 0.05) is 12.6 Å². The predicted octanol–water partition coefficient (Wildman–Crippen LogP) is 0.955. The zero-order valence-corrected chi connectivity index (χ0v) is 10.6. The molecule has 0 aromatic heterocycles. The van der Waals surface area contributed by atoms with Crippen LogP contribution >= 0.6 is 0 Å². The number of carbonyl (C=O) groups is 2. The summed E-state index contributed by atoms with van der Waals surface area (Å²) in [6.45, 7) is 1.98. The molecule has 2 fully saturated rings. The first-order valence-corrected chi connectivity index (χ1v) is 6.85. The lowest BCUT2D eigenvalue weighted by molar-refractivity contribution is -0.143. The average Bonchev–Trinajstić information content (AvgIpc) is 3.02. The normalized spacial score (nSPS) is 38.7. The zero-order valence-electron chi connectivity index (χ0n) is 10.6. The number of carbonyl (C=O) groups excluding carboxylic acids is 2. The summed E-state index contributed by atoms with van der Waals surface area (Å²) in [5.41, 5.74) is 0. The summed E-state index contributed by atoms with van der Waals surface area (Å²) >= 11 is 0. The second-order valence-electron chi connectivity index (χ2n) is 5.62. The number of aliphatic hydroxyl groups is 1. The number of imide groups is 1. The van der Waals surface area contributed by atoms with Crippen molar-refractivity contribution < 1.29 is 14.7 Å². The van der Waals surface area contributed by atoms with Crippen LogP contribution in [0.15, 0.2) is 12.2 Å².